The van der Waals surface area contributed by atoms with Crippen LogP contribution < -0.4 is 0 Å². The Bertz CT molecular complexity index is 305. The SMILES string of the molecule is CC[C@@](C)(O)c1cccc(Cl)c1C. The van der Waals surface area contributed by atoms with Crippen LogP contribution in [0.5, 0.6) is 0 Å². The van der Waals surface area contributed by atoms with Crippen LogP contribution in [0.3, 0.4) is 0 Å². The minimum atomic E-state index is -0.769. The molecule has 1 aromatic rings. The van der Waals surface area contributed by atoms with Gasteiger partial charge in [0.15, 0.2) is 0 Å². The van der Waals surface area contributed by atoms with Crippen molar-refractivity contribution in [1.29, 1.82) is 0 Å². The first-order valence-electron chi connectivity index (χ1n) is 4.47. The standard InChI is InChI=1S/C11H15ClO/c1-4-11(3,13)9-6-5-7-10(12)8(9)2/h5-7,13H,4H2,1-3H3/t11-/m1/s1. The fourth-order valence-electron chi connectivity index (χ4n) is 1.38. The van der Waals surface area contributed by atoms with E-state index in [0.29, 0.717) is 11.4 Å². The largest absolute Gasteiger partial charge is 0.385 e. The van der Waals surface area contributed by atoms with Gasteiger partial charge in [-0.1, -0.05) is 30.7 Å². The third-order valence-corrected chi connectivity index (χ3v) is 2.95. The first-order chi connectivity index (χ1) is 5.99. The highest BCUT2D eigenvalue weighted by atomic mass is 35.5. The highest BCUT2D eigenvalue weighted by molar-refractivity contribution is 6.31. The van der Waals surface area contributed by atoms with Crippen LogP contribution in [-0.4, -0.2) is 5.11 Å². The quantitative estimate of drug-likeness (QED) is 0.774. The normalized spacial score (nSPS) is 15.5. The summed E-state index contributed by atoms with van der Waals surface area (Å²) in [4.78, 5) is 0. The maximum atomic E-state index is 10.0. The van der Waals surface area contributed by atoms with Crippen molar-refractivity contribution in [2.24, 2.45) is 0 Å². The van der Waals surface area contributed by atoms with E-state index in [9.17, 15) is 5.11 Å². The summed E-state index contributed by atoms with van der Waals surface area (Å²) in [7, 11) is 0. The lowest BCUT2D eigenvalue weighted by Crippen LogP contribution is -2.20. The van der Waals surface area contributed by atoms with Crippen LogP contribution in [0.25, 0.3) is 0 Å². The molecule has 1 N–H and O–H groups in total. The first-order valence-corrected chi connectivity index (χ1v) is 4.85. The first kappa shape index (κ1) is 10.6. The van der Waals surface area contributed by atoms with E-state index in [-0.39, 0.29) is 0 Å². The molecule has 0 heterocycles. The lowest BCUT2D eigenvalue weighted by molar-refractivity contribution is 0.0524. The zero-order valence-corrected chi connectivity index (χ0v) is 9.02. The van der Waals surface area contributed by atoms with Crippen molar-refractivity contribution in [2.75, 3.05) is 0 Å². The maximum Gasteiger partial charge on any atom is 0.0869 e. The van der Waals surface area contributed by atoms with Crippen LogP contribution in [0.1, 0.15) is 31.4 Å². The Labute approximate surface area is 84.4 Å². The Morgan fingerprint density at radius 1 is 1.46 bits per heavy atom. The minimum Gasteiger partial charge on any atom is -0.385 e. The van der Waals surface area contributed by atoms with E-state index in [4.69, 9.17) is 11.6 Å². The second kappa shape index (κ2) is 3.69. The summed E-state index contributed by atoms with van der Waals surface area (Å²) in [5.74, 6) is 0. The van der Waals surface area contributed by atoms with Gasteiger partial charge >= 0.3 is 0 Å². The highest BCUT2D eigenvalue weighted by Gasteiger charge is 2.22. The zero-order chi connectivity index (χ0) is 10.1. The van der Waals surface area contributed by atoms with Crippen molar-refractivity contribution < 1.29 is 5.11 Å². The molecule has 0 radical (unpaired) electrons. The van der Waals surface area contributed by atoms with E-state index in [1.807, 2.05) is 39.0 Å². The lowest BCUT2D eigenvalue weighted by Gasteiger charge is -2.24. The average molecular weight is 199 g/mol. The molecule has 1 rings (SSSR count). The fraction of sp³-hybridized carbons (Fsp3) is 0.455. The topological polar surface area (TPSA) is 20.2 Å². The zero-order valence-electron chi connectivity index (χ0n) is 8.26. The Morgan fingerprint density at radius 2 is 2.08 bits per heavy atom. The highest BCUT2D eigenvalue weighted by Crippen LogP contribution is 2.30. The van der Waals surface area contributed by atoms with Gasteiger partial charge in [-0.05, 0) is 37.5 Å². The summed E-state index contributed by atoms with van der Waals surface area (Å²) in [6.45, 7) is 5.70. The molecule has 1 nitrogen and oxygen atoms in total. The second-order valence-corrected chi connectivity index (χ2v) is 3.95. The summed E-state index contributed by atoms with van der Waals surface area (Å²) in [5, 5.41) is 10.8. The molecule has 0 aliphatic carbocycles. The molecule has 2 heteroatoms. The van der Waals surface area contributed by atoms with Gasteiger partial charge in [0.2, 0.25) is 0 Å². The fourth-order valence-corrected chi connectivity index (χ4v) is 1.56. The number of halogens is 1. The van der Waals surface area contributed by atoms with Gasteiger partial charge in [0.1, 0.15) is 0 Å². The molecule has 0 aromatic heterocycles. The molecular weight excluding hydrogens is 184 g/mol. The van der Waals surface area contributed by atoms with E-state index in [2.05, 4.69) is 0 Å². The van der Waals surface area contributed by atoms with Crippen LogP contribution >= 0.6 is 11.6 Å². The third-order valence-electron chi connectivity index (χ3n) is 2.54. The van der Waals surface area contributed by atoms with Gasteiger partial charge in [-0.25, -0.2) is 0 Å². The van der Waals surface area contributed by atoms with Crippen molar-refractivity contribution in [1.82, 2.24) is 0 Å². The summed E-state index contributed by atoms with van der Waals surface area (Å²) >= 11 is 5.97. The summed E-state index contributed by atoms with van der Waals surface area (Å²) < 4.78 is 0. The molecular formula is C11H15ClO. The molecule has 72 valence electrons. The Kier molecular flexibility index (Phi) is 2.99. The van der Waals surface area contributed by atoms with E-state index in [1.165, 1.54) is 0 Å². The average Bonchev–Trinajstić information content (AvgIpc) is 2.09. The Hall–Kier alpha value is -0.530. The van der Waals surface area contributed by atoms with Gasteiger partial charge in [-0.2, -0.15) is 0 Å². The van der Waals surface area contributed by atoms with Gasteiger partial charge in [-0.15, -0.1) is 0 Å². The van der Waals surface area contributed by atoms with Crippen LogP contribution in [0.4, 0.5) is 0 Å². The molecule has 0 aliphatic heterocycles. The van der Waals surface area contributed by atoms with E-state index >= 15 is 0 Å². The van der Waals surface area contributed by atoms with Gasteiger partial charge in [-0.3, -0.25) is 0 Å². The van der Waals surface area contributed by atoms with Crippen LogP contribution in [0, 0.1) is 6.92 Å². The molecule has 0 aliphatic rings. The molecule has 0 spiro atoms. The van der Waals surface area contributed by atoms with E-state index in [1.54, 1.807) is 0 Å². The third kappa shape index (κ3) is 2.04. The van der Waals surface area contributed by atoms with Crippen molar-refractivity contribution in [3.63, 3.8) is 0 Å². The van der Waals surface area contributed by atoms with Crippen molar-refractivity contribution in [2.45, 2.75) is 32.8 Å². The lowest BCUT2D eigenvalue weighted by atomic mass is 9.90. The van der Waals surface area contributed by atoms with Gasteiger partial charge < -0.3 is 5.11 Å². The number of hydrogen-bond donors (Lipinski definition) is 1. The van der Waals surface area contributed by atoms with Gasteiger partial charge in [0.25, 0.3) is 0 Å². The molecule has 1 aromatic carbocycles. The van der Waals surface area contributed by atoms with Crippen LogP contribution in [0.2, 0.25) is 5.02 Å². The molecule has 13 heavy (non-hydrogen) atoms. The molecule has 0 amide bonds. The summed E-state index contributed by atoms with van der Waals surface area (Å²) in [6.07, 6.45) is 0.689. The van der Waals surface area contributed by atoms with E-state index < -0.39 is 5.60 Å². The molecule has 0 fully saturated rings. The molecule has 0 saturated heterocycles. The predicted octanol–water partition coefficient (Wildman–Crippen LogP) is 3.27. The Morgan fingerprint density at radius 3 is 2.62 bits per heavy atom. The van der Waals surface area contributed by atoms with Crippen LogP contribution in [-0.2, 0) is 5.60 Å². The second-order valence-electron chi connectivity index (χ2n) is 3.54. The van der Waals surface area contributed by atoms with Gasteiger partial charge in [0, 0.05) is 5.02 Å². The number of hydrogen-bond acceptors (Lipinski definition) is 1. The van der Waals surface area contributed by atoms with Crippen molar-refractivity contribution in [3.05, 3.63) is 34.3 Å². The molecule has 0 bridgehead atoms. The summed E-state index contributed by atoms with van der Waals surface area (Å²) in [6, 6.07) is 5.63. The Balaban J connectivity index is 3.22. The molecule has 0 saturated carbocycles. The monoisotopic (exact) mass is 198 g/mol. The maximum absolute atomic E-state index is 10.0. The molecule has 0 unspecified atom stereocenters. The molecule has 1 atom stereocenters. The smallest absolute Gasteiger partial charge is 0.0869 e. The number of rotatable bonds is 2. The van der Waals surface area contributed by atoms with Crippen molar-refractivity contribution in [3.8, 4) is 0 Å². The predicted molar refractivity (Wildman–Crippen MR) is 56.1 cm³/mol. The number of benzene rings is 1. The van der Waals surface area contributed by atoms with Gasteiger partial charge in [0.05, 0.1) is 5.60 Å². The van der Waals surface area contributed by atoms with Crippen molar-refractivity contribution >= 4 is 11.6 Å². The number of aliphatic hydroxyl groups is 1. The minimum absolute atomic E-state index is 0.689. The summed E-state index contributed by atoms with van der Waals surface area (Å²) in [5.41, 5.74) is 1.12. The van der Waals surface area contributed by atoms with E-state index in [0.717, 1.165) is 11.1 Å². The van der Waals surface area contributed by atoms with Crippen LogP contribution in [0.15, 0.2) is 18.2 Å².